The predicted octanol–water partition coefficient (Wildman–Crippen LogP) is 2.74. The van der Waals surface area contributed by atoms with Gasteiger partial charge < -0.3 is 15.5 Å². The van der Waals surface area contributed by atoms with E-state index in [9.17, 15) is 4.79 Å². The van der Waals surface area contributed by atoms with Crippen LogP contribution in [0.5, 0.6) is 0 Å². The van der Waals surface area contributed by atoms with Gasteiger partial charge in [0.05, 0.1) is 0 Å². The molecule has 0 atom stereocenters. The summed E-state index contributed by atoms with van der Waals surface area (Å²) in [6, 6.07) is 10.5. The standard InChI is InChI=1S/C19H24N4OS/c1-20-19(22-12-17-7-9-25-14-17)21-11-15-4-2-5-16(10-15)13-23-8-3-6-18(23)24/h2,4-5,7,9-10,14H,3,6,8,11-13H2,1H3,(H2,20,21,22). The van der Waals surface area contributed by atoms with Gasteiger partial charge in [0.2, 0.25) is 5.91 Å². The molecule has 1 aromatic heterocycles. The lowest BCUT2D eigenvalue weighted by atomic mass is 10.1. The third-order valence-corrected chi connectivity index (χ3v) is 4.99. The molecule has 0 spiro atoms. The van der Waals surface area contributed by atoms with E-state index in [2.05, 4.69) is 56.7 Å². The van der Waals surface area contributed by atoms with Crippen LogP contribution in [0.4, 0.5) is 0 Å². The molecule has 2 N–H and O–H groups in total. The van der Waals surface area contributed by atoms with Crippen LogP contribution in [0.2, 0.25) is 0 Å². The number of rotatable bonds is 6. The van der Waals surface area contributed by atoms with E-state index in [1.165, 1.54) is 16.7 Å². The van der Waals surface area contributed by atoms with Crippen molar-refractivity contribution in [3.05, 3.63) is 57.8 Å². The number of hydrogen-bond acceptors (Lipinski definition) is 3. The van der Waals surface area contributed by atoms with E-state index in [1.54, 1.807) is 18.4 Å². The monoisotopic (exact) mass is 356 g/mol. The zero-order valence-electron chi connectivity index (χ0n) is 14.5. The minimum Gasteiger partial charge on any atom is -0.352 e. The summed E-state index contributed by atoms with van der Waals surface area (Å²) < 4.78 is 0. The number of amides is 1. The number of guanidine groups is 1. The van der Waals surface area contributed by atoms with Crippen LogP contribution >= 0.6 is 11.3 Å². The molecule has 1 saturated heterocycles. The summed E-state index contributed by atoms with van der Waals surface area (Å²) in [7, 11) is 1.78. The van der Waals surface area contributed by atoms with Crippen molar-refractivity contribution in [2.75, 3.05) is 13.6 Å². The fraction of sp³-hybridized carbons (Fsp3) is 0.368. The Morgan fingerprint density at radius 1 is 1.20 bits per heavy atom. The average Bonchev–Trinajstić information content (AvgIpc) is 3.28. The summed E-state index contributed by atoms with van der Waals surface area (Å²) in [4.78, 5) is 18.0. The number of likely N-dealkylation sites (tertiary alicyclic amines) is 1. The first-order valence-corrected chi connectivity index (χ1v) is 9.50. The quantitative estimate of drug-likeness (QED) is 0.618. The highest BCUT2D eigenvalue weighted by molar-refractivity contribution is 7.07. The van der Waals surface area contributed by atoms with Crippen LogP contribution < -0.4 is 10.6 Å². The Morgan fingerprint density at radius 3 is 2.68 bits per heavy atom. The highest BCUT2D eigenvalue weighted by Gasteiger charge is 2.19. The topological polar surface area (TPSA) is 56.7 Å². The Hall–Kier alpha value is -2.34. The van der Waals surface area contributed by atoms with E-state index in [0.29, 0.717) is 19.5 Å². The second-order valence-electron chi connectivity index (χ2n) is 6.15. The molecule has 3 rings (SSSR count). The van der Waals surface area contributed by atoms with E-state index in [1.807, 2.05) is 4.90 Å². The Balaban J connectivity index is 1.51. The van der Waals surface area contributed by atoms with E-state index < -0.39 is 0 Å². The van der Waals surface area contributed by atoms with Gasteiger partial charge in [0.25, 0.3) is 0 Å². The van der Waals surface area contributed by atoms with E-state index >= 15 is 0 Å². The first-order valence-electron chi connectivity index (χ1n) is 8.56. The number of nitrogens with zero attached hydrogens (tertiary/aromatic N) is 2. The van der Waals surface area contributed by atoms with Gasteiger partial charge in [-0.2, -0.15) is 11.3 Å². The van der Waals surface area contributed by atoms with Crippen LogP contribution in [0, 0.1) is 0 Å². The molecular formula is C19H24N4OS. The maximum Gasteiger partial charge on any atom is 0.222 e. The van der Waals surface area contributed by atoms with Crippen LogP contribution in [-0.4, -0.2) is 30.4 Å². The van der Waals surface area contributed by atoms with Gasteiger partial charge in [-0.1, -0.05) is 24.3 Å². The van der Waals surface area contributed by atoms with Gasteiger partial charge in [-0.05, 0) is 39.9 Å². The summed E-state index contributed by atoms with van der Waals surface area (Å²) in [6.45, 7) is 3.05. The van der Waals surface area contributed by atoms with Crippen molar-refractivity contribution in [2.24, 2.45) is 4.99 Å². The van der Waals surface area contributed by atoms with Crippen molar-refractivity contribution >= 4 is 23.2 Å². The molecular weight excluding hydrogens is 332 g/mol. The molecule has 0 bridgehead atoms. The van der Waals surface area contributed by atoms with Crippen molar-refractivity contribution in [1.29, 1.82) is 0 Å². The van der Waals surface area contributed by atoms with Gasteiger partial charge in [0, 0.05) is 39.6 Å². The normalized spacial score (nSPS) is 14.8. The van der Waals surface area contributed by atoms with E-state index in [0.717, 1.165) is 25.5 Å². The number of aliphatic imine (C=N–C) groups is 1. The molecule has 2 aromatic rings. The van der Waals surface area contributed by atoms with Gasteiger partial charge in [0.15, 0.2) is 5.96 Å². The van der Waals surface area contributed by atoms with Crippen LogP contribution in [0.25, 0.3) is 0 Å². The molecule has 0 saturated carbocycles. The molecule has 1 aromatic carbocycles. The fourth-order valence-corrected chi connectivity index (χ4v) is 3.58. The lowest BCUT2D eigenvalue weighted by Crippen LogP contribution is -2.36. The molecule has 6 heteroatoms. The second kappa shape index (κ2) is 8.67. The number of thiophene rings is 1. The minimum atomic E-state index is 0.265. The maximum absolute atomic E-state index is 11.8. The van der Waals surface area contributed by atoms with E-state index in [4.69, 9.17) is 0 Å². The number of hydrogen-bond donors (Lipinski definition) is 2. The third kappa shape index (κ3) is 5.06. The largest absolute Gasteiger partial charge is 0.352 e. The van der Waals surface area contributed by atoms with Crippen molar-refractivity contribution < 1.29 is 4.79 Å². The molecule has 1 fully saturated rings. The first kappa shape index (κ1) is 17.5. The number of carbonyl (C=O) groups is 1. The zero-order chi connectivity index (χ0) is 17.5. The van der Waals surface area contributed by atoms with Crippen LogP contribution in [0.15, 0.2) is 46.1 Å². The predicted molar refractivity (Wildman–Crippen MR) is 102 cm³/mol. The van der Waals surface area contributed by atoms with Gasteiger partial charge in [0.1, 0.15) is 0 Å². The van der Waals surface area contributed by atoms with Crippen molar-refractivity contribution in [2.45, 2.75) is 32.5 Å². The second-order valence-corrected chi connectivity index (χ2v) is 6.93. The highest BCUT2D eigenvalue weighted by Crippen LogP contribution is 2.15. The van der Waals surface area contributed by atoms with Gasteiger partial charge >= 0.3 is 0 Å². The molecule has 0 unspecified atom stereocenters. The van der Waals surface area contributed by atoms with Crippen molar-refractivity contribution in [3.63, 3.8) is 0 Å². The van der Waals surface area contributed by atoms with Gasteiger partial charge in [-0.3, -0.25) is 9.79 Å². The highest BCUT2D eigenvalue weighted by atomic mass is 32.1. The summed E-state index contributed by atoms with van der Waals surface area (Å²) >= 11 is 1.70. The number of nitrogens with one attached hydrogen (secondary N) is 2. The van der Waals surface area contributed by atoms with Gasteiger partial charge in [-0.25, -0.2) is 0 Å². The molecule has 1 aliphatic rings. The summed E-state index contributed by atoms with van der Waals surface area (Å²) in [5.41, 5.74) is 3.61. The smallest absolute Gasteiger partial charge is 0.222 e. The molecule has 25 heavy (non-hydrogen) atoms. The Bertz CT molecular complexity index is 727. The average molecular weight is 356 g/mol. The summed E-state index contributed by atoms with van der Waals surface area (Å²) in [5, 5.41) is 10.9. The zero-order valence-corrected chi connectivity index (χ0v) is 15.3. The van der Waals surface area contributed by atoms with Crippen LogP contribution in [0.1, 0.15) is 29.5 Å². The van der Waals surface area contributed by atoms with E-state index in [-0.39, 0.29) is 5.91 Å². The van der Waals surface area contributed by atoms with Crippen molar-refractivity contribution in [1.82, 2.24) is 15.5 Å². The molecule has 1 amide bonds. The number of benzene rings is 1. The van der Waals surface area contributed by atoms with Crippen molar-refractivity contribution in [3.8, 4) is 0 Å². The van der Waals surface area contributed by atoms with Crippen LogP contribution in [-0.2, 0) is 24.4 Å². The van der Waals surface area contributed by atoms with Gasteiger partial charge in [-0.15, -0.1) is 0 Å². The molecule has 2 heterocycles. The van der Waals surface area contributed by atoms with Crippen LogP contribution in [0.3, 0.4) is 0 Å². The lowest BCUT2D eigenvalue weighted by Gasteiger charge is -2.16. The SMILES string of the molecule is CN=C(NCc1ccsc1)NCc1cccc(CN2CCCC2=O)c1. The Morgan fingerprint density at radius 2 is 2.00 bits per heavy atom. The third-order valence-electron chi connectivity index (χ3n) is 4.26. The Kier molecular flexibility index (Phi) is 6.06. The molecule has 1 aliphatic heterocycles. The molecule has 5 nitrogen and oxygen atoms in total. The molecule has 0 radical (unpaired) electrons. The lowest BCUT2D eigenvalue weighted by molar-refractivity contribution is -0.128. The minimum absolute atomic E-state index is 0.265. The first-order chi connectivity index (χ1) is 12.2. The molecule has 132 valence electrons. The maximum atomic E-state index is 11.8. The molecule has 0 aliphatic carbocycles. The fourth-order valence-electron chi connectivity index (χ4n) is 2.91. The summed E-state index contributed by atoms with van der Waals surface area (Å²) in [6.07, 6.45) is 1.67. The number of carbonyl (C=O) groups excluding carboxylic acids is 1. The summed E-state index contributed by atoms with van der Waals surface area (Å²) in [5.74, 6) is 1.05. The Labute approximate surface area is 152 Å².